The predicted octanol–water partition coefficient (Wildman–Crippen LogP) is 1.69. The number of aliphatic carboxylic acids is 1. The van der Waals surface area contributed by atoms with Gasteiger partial charge in [-0.2, -0.15) is 0 Å². The molecular weight excluding hydrogens is 468 g/mol. The van der Waals surface area contributed by atoms with Gasteiger partial charge in [-0.3, -0.25) is 9.59 Å². The van der Waals surface area contributed by atoms with Gasteiger partial charge in [-0.1, -0.05) is 13.8 Å². The molecule has 36 heavy (non-hydrogen) atoms. The number of rotatable bonds is 5. The number of ketones is 2. The highest BCUT2D eigenvalue weighted by molar-refractivity contribution is 5.83. The Morgan fingerprint density at radius 3 is 2.39 bits per heavy atom. The van der Waals surface area contributed by atoms with E-state index < -0.39 is 36.7 Å². The second-order valence-electron chi connectivity index (χ2n) is 12.6. The first-order valence-corrected chi connectivity index (χ1v) is 13.6. The Balaban J connectivity index is 1.25. The summed E-state index contributed by atoms with van der Waals surface area (Å²) in [6, 6.07) is 0. The third-order valence-electron chi connectivity index (χ3n) is 11.1. The summed E-state index contributed by atoms with van der Waals surface area (Å²) >= 11 is 0. The Morgan fingerprint density at radius 1 is 0.944 bits per heavy atom. The summed E-state index contributed by atoms with van der Waals surface area (Å²) in [7, 11) is 0. The van der Waals surface area contributed by atoms with E-state index in [1.807, 2.05) is 0 Å². The van der Waals surface area contributed by atoms with Gasteiger partial charge in [0.15, 0.2) is 18.2 Å². The van der Waals surface area contributed by atoms with Crippen LogP contribution >= 0.6 is 0 Å². The number of carboxylic acids is 1. The van der Waals surface area contributed by atoms with Gasteiger partial charge in [0, 0.05) is 18.8 Å². The fourth-order valence-corrected chi connectivity index (χ4v) is 9.03. The SMILES string of the molecule is C[C@]12CCC(=O)C[C@@H]1CC[C@@H]1[C@@H]2CC[C@]2(C)[C@@H](C(=O)COC3O[C@H](C(=O)O)[C@@H](O)[C@H](O)[C@H]3O)CC[C@@H]12. The molecule has 4 saturated carbocycles. The van der Waals surface area contributed by atoms with Crippen LogP contribution < -0.4 is 0 Å². The van der Waals surface area contributed by atoms with Gasteiger partial charge < -0.3 is 29.9 Å². The summed E-state index contributed by atoms with van der Waals surface area (Å²) in [6.45, 7) is 4.29. The van der Waals surface area contributed by atoms with Crippen molar-refractivity contribution in [2.75, 3.05) is 6.61 Å². The molecule has 1 heterocycles. The van der Waals surface area contributed by atoms with Crippen molar-refractivity contribution in [1.29, 1.82) is 0 Å². The summed E-state index contributed by atoms with van der Waals surface area (Å²) in [5, 5.41) is 39.3. The summed E-state index contributed by atoms with van der Waals surface area (Å²) in [4.78, 5) is 36.8. The van der Waals surface area contributed by atoms with Crippen molar-refractivity contribution in [3.8, 4) is 0 Å². The first-order valence-electron chi connectivity index (χ1n) is 13.6. The third-order valence-corrected chi connectivity index (χ3v) is 11.1. The molecule has 0 radical (unpaired) electrons. The maximum Gasteiger partial charge on any atom is 0.335 e. The maximum atomic E-state index is 13.4. The molecule has 9 nitrogen and oxygen atoms in total. The topological polar surface area (TPSA) is 151 Å². The second kappa shape index (κ2) is 9.42. The first-order chi connectivity index (χ1) is 17.0. The number of aliphatic hydroxyl groups is 3. The number of hydrogen-bond donors (Lipinski definition) is 4. The van der Waals surface area contributed by atoms with Crippen LogP contribution in [-0.4, -0.2) is 75.3 Å². The van der Waals surface area contributed by atoms with Gasteiger partial charge in [0.2, 0.25) is 0 Å². The molecule has 202 valence electrons. The molecule has 0 bridgehead atoms. The van der Waals surface area contributed by atoms with Crippen LogP contribution in [0, 0.1) is 40.4 Å². The smallest absolute Gasteiger partial charge is 0.335 e. The summed E-state index contributed by atoms with van der Waals surface area (Å²) in [6.07, 6.45) is -0.0716. The highest BCUT2D eigenvalue weighted by Crippen LogP contribution is 2.67. The van der Waals surface area contributed by atoms with Gasteiger partial charge in [0.1, 0.15) is 30.7 Å². The molecule has 0 aromatic heterocycles. The Labute approximate surface area is 211 Å². The van der Waals surface area contributed by atoms with Gasteiger partial charge >= 0.3 is 5.97 Å². The van der Waals surface area contributed by atoms with E-state index in [2.05, 4.69) is 13.8 Å². The predicted molar refractivity (Wildman–Crippen MR) is 126 cm³/mol. The van der Waals surface area contributed by atoms with Crippen molar-refractivity contribution in [2.24, 2.45) is 40.4 Å². The normalized spacial score (nSPS) is 50.6. The maximum absolute atomic E-state index is 13.4. The lowest BCUT2D eigenvalue weighted by molar-refractivity contribution is -0.292. The van der Waals surface area contributed by atoms with Crippen LogP contribution in [0.5, 0.6) is 0 Å². The minimum Gasteiger partial charge on any atom is -0.479 e. The van der Waals surface area contributed by atoms with Gasteiger partial charge in [-0.25, -0.2) is 4.79 Å². The average Bonchev–Trinajstić information content (AvgIpc) is 3.19. The van der Waals surface area contributed by atoms with E-state index in [1.54, 1.807) is 0 Å². The molecule has 9 heteroatoms. The molecule has 5 aliphatic rings. The Morgan fingerprint density at radius 2 is 1.67 bits per heavy atom. The molecule has 5 rings (SSSR count). The quantitative estimate of drug-likeness (QED) is 0.435. The zero-order chi connectivity index (χ0) is 26.0. The Kier molecular flexibility index (Phi) is 6.86. The molecule has 0 aromatic rings. The van der Waals surface area contributed by atoms with Crippen molar-refractivity contribution in [3.63, 3.8) is 0 Å². The zero-order valence-corrected chi connectivity index (χ0v) is 21.2. The van der Waals surface area contributed by atoms with Crippen molar-refractivity contribution >= 4 is 17.5 Å². The van der Waals surface area contributed by atoms with E-state index in [1.165, 1.54) is 0 Å². The van der Waals surface area contributed by atoms with Crippen LogP contribution in [0.4, 0.5) is 0 Å². The van der Waals surface area contributed by atoms with Crippen molar-refractivity contribution < 1.29 is 44.3 Å². The Hall–Kier alpha value is -1.39. The zero-order valence-electron chi connectivity index (χ0n) is 21.2. The minimum atomic E-state index is -1.79. The van der Waals surface area contributed by atoms with Crippen LogP contribution in [0.25, 0.3) is 0 Å². The van der Waals surface area contributed by atoms with E-state index in [-0.39, 0.29) is 29.1 Å². The van der Waals surface area contributed by atoms with Crippen molar-refractivity contribution in [3.05, 3.63) is 0 Å². The molecule has 0 amide bonds. The van der Waals surface area contributed by atoms with Gasteiger partial charge in [0.05, 0.1) is 0 Å². The molecule has 0 spiro atoms. The average molecular weight is 509 g/mol. The molecule has 12 atom stereocenters. The van der Waals surface area contributed by atoms with E-state index in [0.29, 0.717) is 35.9 Å². The summed E-state index contributed by atoms with van der Waals surface area (Å²) in [5.41, 5.74) is 0.0740. The lowest BCUT2D eigenvalue weighted by Crippen LogP contribution is -2.60. The highest BCUT2D eigenvalue weighted by atomic mass is 16.7. The van der Waals surface area contributed by atoms with Crippen LogP contribution in [0.15, 0.2) is 0 Å². The molecule has 4 N–H and O–H groups in total. The third kappa shape index (κ3) is 4.06. The van der Waals surface area contributed by atoms with E-state index >= 15 is 0 Å². The largest absolute Gasteiger partial charge is 0.479 e. The van der Waals surface area contributed by atoms with Gasteiger partial charge in [-0.05, 0) is 79.4 Å². The minimum absolute atomic E-state index is 0.0927. The molecule has 5 fully saturated rings. The standard InChI is InChI=1S/C27H40O9/c1-26-9-7-14(28)11-13(26)3-4-15-16-5-6-18(27(16,2)10-8-17(15)26)19(29)12-35-25-22(32)20(30)21(31)23(36-25)24(33)34/h13,15-18,20-23,25,30-32H,3-12H2,1-2H3,(H,33,34)/t13-,15-,16-,17-,18+,20-,21-,22+,23-,25?,26-,27-/m0/s1. The number of ether oxygens (including phenoxy) is 2. The monoisotopic (exact) mass is 508 g/mol. The van der Waals surface area contributed by atoms with Crippen LogP contribution in [0.1, 0.15) is 71.6 Å². The van der Waals surface area contributed by atoms with Crippen LogP contribution in [0.3, 0.4) is 0 Å². The van der Waals surface area contributed by atoms with Gasteiger partial charge in [0.25, 0.3) is 0 Å². The fourth-order valence-electron chi connectivity index (χ4n) is 9.03. The molecular formula is C27H40O9. The van der Waals surface area contributed by atoms with Crippen LogP contribution in [0.2, 0.25) is 0 Å². The number of hydrogen-bond acceptors (Lipinski definition) is 8. The number of Topliss-reactive ketones (excluding diaryl/α,β-unsaturated/α-hetero) is 2. The number of aliphatic hydroxyl groups excluding tert-OH is 3. The van der Waals surface area contributed by atoms with Crippen molar-refractivity contribution in [2.45, 2.75) is 102 Å². The van der Waals surface area contributed by atoms with Gasteiger partial charge in [-0.15, -0.1) is 0 Å². The number of carboxylic acid groups (broad SMARTS) is 1. The summed E-state index contributed by atoms with van der Waals surface area (Å²) < 4.78 is 10.7. The van der Waals surface area contributed by atoms with Crippen molar-refractivity contribution in [1.82, 2.24) is 0 Å². The number of fused-ring (bicyclic) bond motifs is 5. The highest BCUT2D eigenvalue weighted by Gasteiger charge is 2.61. The molecule has 1 aliphatic heterocycles. The second-order valence-corrected chi connectivity index (χ2v) is 12.6. The number of carbonyl (C=O) groups excluding carboxylic acids is 2. The lowest BCUT2D eigenvalue weighted by Gasteiger charge is -2.60. The fraction of sp³-hybridized carbons (Fsp3) is 0.889. The van der Waals surface area contributed by atoms with Crippen LogP contribution in [-0.2, 0) is 23.9 Å². The molecule has 1 unspecified atom stereocenters. The molecule has 0 aromatic carbocycles. The molecule has 1 saturated heterocycles. The van der Waals surface area contributed by atoms with E-state index in [0.717, 1.165) is 51.4 Å². The van der Waals surface area contributed by atoms with E-state index in [9.17, 15) is 34.8 Å². The summed E-state index contributed by atoms with van der Waals surface area (Å²) in [5.74, 6) is 0.743. The lowest BCUT2D eigenvalue weighted by atomic mass is 9.44. The Bertz CT molecular complexity index is 906. The molecule has 4 aliphatic carbocycles. The van der Waals surface area contributed by atoms with E-state index in [4.69, 9.17) is 9.47 Å². The first kappa shape index (κ1) is 26.2. The number of carbonyl (C=O) groups is 3.